The number of hydrogen-bond acceptors (Lipinski definition) is 2. The van der Waals surface area contributed by atoms with Crippen LogP contribution in [0.1, 0.15) is 91.6 Å². The molecule has 0 radical (unpaired) electrons. The highest BCUT2D eigenvalue weighted by atomic mass is 16.4. The van der Waals surface area contributed by atoms with Crippen molar-refractivity contribution in [2.75, 3.05) is 0 Å². The monoisotopic (exact) mass is 482 g/mol. The zero-order chi connectivity index (χ0) is 24.7. The van der Waals surface area contributed by atoms with E-state index in [1.165, 1.54) is 59.9 Å². The van der Waals surface area contributed by atoms with Gasteiger partial charge in [0.2, 0.25) is 0 Å². The number of fused-ring (bicyclic) bond motifs is 5. The molecule has 5 heteroatoms. The zero-order valence-electron chi connectivity index (χ0n) is 20.8. The summed E-state index contributed by atoms with van der Waals surface area (Å²) in [6.07, 6.45) is 14.3. The normalized spacial score (nSPS) is 19.3. The Bertz CT molecular complexity index is 1350. The van der Waals surface area contributed by atoms with Crippen LogP contribution in [-0.2, 0) is 11.3 Å². The van der Waals surface area contributed by atoms with Crippen LogP contribution in [0.4, 0.5) is 0 Å². The lowest BCUT2D eigenvalue weighted by atomic mass is 9.81. The first kappa shape index (κ1) is 23.1. The van der Waals surface area contributed by atoms with Crippen LogP contribution in [0.15, 0.2) is 48.5 Å². The quantitative estimate of drug-likeness (QED) is 0.425. The van der Waals surface area contributed by atoms with Crippen LogP contribution in [0.5, 0.6) is 0 Å². The van der Waals surface area contributed by atoms with Crippen LogP contribution in [-0.4, -0.2) is 27.1 Å². The van der Waals surface area contributed by atoms with E-state index in [-0.39, 0.29) is 5.91 Å². The number of carbonyl (C=O) groups is 2. The highest BCUT2D eigenvalue weighted by molar-refractivity contribution is 6.03. The Morgan fingerprint density at radius 1 is 0.944 bits per heavy atom. The first-order valence-electron chi connectivity index (χ1n) is 13.6. The molecule has 1 aliphatic heterocycles. The summed E-state index contributed by atoms with van der Waals surface area (Å²) in [5.41, 5.74) is 5.62. The second-order valence-electron chi connectivity index (χ2n) is 10.8. The number of amides is 1. The molecule has 2 N–H and O–H groups in total. The molecule has 0 spiro atoms. The Labute approximate surface area is 212 Å². The fraction of sp³-hybridized carbons (Fsp3) is 0.419. The molecule has 2 aromatic carbocycles. The molecular formula is C31H34N2O3. The van der Waals surface area contributed by atoms with E-state index >= 15 is 0 Å². The van der Waals surface area contributed by atoms with Crippen molar-refractivity contribution in [2.24, 2.45) is 0 Å². The fourth-order valence-electron chi connectivity index (χ4n) is 6.78. The predicted molar refractivity (Wildman–Crippen MR) is 143 cm³/mol. The lowest BCUT2D eigenvalue weighted by Gasteiger charge is -2.34. The molecule has 0 atom stereocenters. The molecule has 1 amide bonds. The largest absolute Gasteiger partial charge is 0.480 e. The van der Waals surface area contributed by atoms with Crippen molar-refractivity contribution >= 4 is 28.9 Å². The zero-order valence-corrected chi connectivity index (χ0v) is 20.8. The van der Waals surface area contributed by atoms with E-state index in [4.69, 9.17) is 0 Å². The summed E-state index contributed by atoms with van der Waals surface area (Å²) in [5.74, 6) is -0.698. The standard InChI is InChI=1S/C31H34N2O3/c34-29(32-31(30(35)36)17-7-2-8-18-31)23-15-16-25-26(20-23)33-19-9-13-21-10-5-6-14-24(21)28(33)27(25)22-11-3-1-4-12-22/h5-6,9-10,13-16,20,22H,1-4,7-8,11-12,17-19H2,(H,32,34)(H,35,36). The first-order valence-corrected chi connectivity index (χ1v) is 13.6. The van der Waals surface area contributed by atoms with Gasteiger partial charge in [-0.1, -0.05) is 81.0 Å². The van der Waals surface area contributed by atoms with E-state index in [1.807, 2.05) is 12.1 Å². The molecule has 0 unspecified atom stereocenters. The molecule has 0 bridgehead atoms. The van der Waals surface area contributed by atoms with Crippen LogP contribution >= 0.6 is 0 Å². The third-order valence-electron chi connectivity index (χ3n) is 8.65. The summed E-state index contributed by atoms with van der Waals surface area (Å²) in [4.78, 5) is 25.6. The number of nitrogens with zero attached hydrogens (tertiary/aromatic N) is 1. The highest BCUT2D eigenvalue weighted by Crippen LogP contribution is 2.46. The molecule has 3 aliphatic rings. The van der Waals surface area contributed by atoms with Crippen molar-refractivity contribution < 1.29 is 14.7 Å². The van der Waals surface area contributed by atoms with Gasteiger partial charge in [0, 0.05) is 28.6 Å². The van der Waals surface area contributed by atoms with Crippen molar-refractivity contribution in [3.05, 3.63) is 65.2 Å². The molecule has 2 aliphatic carbocycles. The van der Waals surface area contributed by atoms with Gasteiger partial charge >= 0.3 is 5.97 Å². The van der Waals surface area contributed by atoms with E-state index < -0.39 is 11.5 Å². The second-order valence-corrected chi connectivity index (χ2v) is 10.8. The molecule has 6 rings (SSSR count). The van der Waals surface area contributed by atoms with Gasteiger partial charge in [0.15, 0.2) is 0 Å². The summed E-state index contributed by atoms with van der Waals surface area (Å²) in [5, 5.41) is 14.1. The van der Waals surface area contributed by atoms with Gasteiger partial charge in [0.1, 0.15) is 5.54 Å². The van der Waals surface area contributed by atoms with Crippen molar-refractivity contribution in [3.8, 4) is 11.3 Å². The third kappa shape index (κ3) is 3.85. The van der Waals surface area contributed by atoms with E-state index in [2.05, 4.69) is 52.4 Å². The van der Waals surface area contributed by atoms with Gasteiger partial charge < -0.3 is 15.0 Å². The summed E-state index contributed by atoms with van der Waals surface area (Å²) in [6, 6.07) is 14.6. The van der Waals surface area contributed by atoms with Gasteiger partial charge in [-0.15, -0.1) is 0 Å². The maximum Gasteiger partial charge on any atom is 0.329 e. The number of aliphatic carboxylic acids is 1. The maximum atomic E-state index is 13.4. The van der Waals surface area contributed by atoms with Crippen LogP contribution in [0.2, 0.25) is 0 Å². The van der Waals surface area contributed by atoms with Gasteiger partial charge in [-0.25, -0.2) is 4.79 Å². The van der Waals surface area contributed by atoms with Crippen LogP contribution in [0.3, 0.4) is 0 Å². The Hall–Kier alpha value is -3.34. The molecule has 2 fully saturated rings. The minimum atomic E-state index is -1.16. The summed E-state index contributed by atoms with van der Waals surface area (Å²) in [7, 11) is 0. The smallest absolute Gasteiger partial charge is 0.329 e. The van der Waals surface area contributed by atoms with Gasteiger partial charge in [-0.2, -0.15) is 0 Å². The van der Waals surface area contributed by atoms with Crippen LogP contribution in [0.25, 0.3) is 28.2 Å². The molecule has 36 heavy (non-hydrogen) atoms. The van der Waals surface area contributed by atoms with Gasteiger partial charge in [-0.05, 0) is 54.9 Å². The van der Waals surface area contributed by atoms with Crippen molar-refractivity contribution in [1.29, 1.82) is 0 Å². The topological polar surface area (TPSA) is 71.3 Å². The fourth-order valence-corrected chi connectivity index (χ4v) is 6.78. The summed E-state index contributed by atoms with van der Waals surface area (Å²) in [6.45, 7) is 0.747. The predicted octanol–water partition coefficient (Wildman–Crippen LogP) is 6.90. The van der Waals surface area contributed by atoms with Crippen molar-refractivity contribution in [1.82, 2.24) is 9.88 Å². The molecule has 3 aromatic rings. The lowest BCUT2D eigenvalue weighted by molar-refractivity contribution is -0.145. The Kier molecular flexibility index (Phi) is 5.94. The van der Waals surface area contributed by atoms with Crippen LogP contribution in [0, 0.1) is 0 Å². The summed E-state index contributed by atoms with van der Waals surface area (Å²) < 4.78 is 2.37. The number of allylic oxidation sites excluding steroid dienone is 1. The molecule has 2 heterocycles. The van der Waals surface area contributed by atoms with Crippen LogP contribution < -0.4 is 5.32 Å². The SMILES string of the molecule is O=C(NC1(C(=O)O)CCCCC1)c1ccc2c(C3CCCCC3)c3n(c2c1)CC=Cc1ccccc1-3. The minimum absolute atomic E-state index is 0.291. The number of hydrogen-bond donors (Lipinski definition) is 2. The number of carboxylic acids is 1. The van der Waals surface area contributed by atoms with Gasteiger partial charge in [0.05, 0.1) is 5.69 Å². The molecule has 5 nitrogen and oxygen atoms in total. The number of benzene rings is 2. The third-order valence-corrected chi connectivity index (χ3v) is 8.65. The molecule has 186 valence electrons. The van der Waals surface area contributed by atoms with Crippen molar-refractivity contribution in [2.45, 2.75) is 82.2 Å². The number of aromatic nitrogens is 1. The number of carbonyl (C=O) groups excluding carboxylic acids is 1. The molecule has 1 aromatic heterocycles. The Morgan fingerprint density at radius 2 is 1.69 bits per heavy atom. The lowest BCUT2D eigenvalue weighted by Crippen LogP contribution is -2.55. The van der Waals surface area contributed by atoms with Gasteiger partial charge in [0.25, 0.3) is 5.91 Å². The minimum Gasteiger partial charge on any atom is -0.480 e. The number of nitrogens with one attached hydrogen (secondary N) is 1. The van der Waals surface area contributed by atoms with Gasteiger partial charge in [-0.3, -0.25) is 4.79 Å². The van der Waals surface area contributed by atoms with E-state index in [1.54, 1.807) is 0 Å². The number of carboxylic acid groups (broad SMARTS) is 1. The molecule has 2 saturated carbocycles. The first-order chi connectivity index (χ1) is 17.6. The molecule has 0 saturated heterocycles. The van der Waals surface area contributed by atoms with E-state index in [9.17, 15) is 14.7 Å². The number of rotatable bonds is 4. The van der Waals surface area contributed by atoms with Crippen molar-refractivity contribution in [3.63, 3.8) is 0 Å². The Balaban J connectivity index is 1.48. The van der Waals surface area contributed by atoms with E-state index in [0.717, 1.165) is 31.3 Å². The maximum absolute atomic E-state index is 13.4. The molecular weight excluding hydrogens is 448 g/mol. The highest BCUT2D eigenvalue weighted by Gasteiger charge is 2.41. The average molecular weight is 483 g/mol. The average Bonchev–Trinajstić information content (AvgIpc) is 3.10. The summed E-state index contributed by atoms with van der Waals surface area (Å²) >= 11 is 0. The van der Waals surface area contributed by atoms with E-state index in [0.29, 0.717) is 24.3 Å². The second kappa shape index (κ2) is 9.27. The Morgan fingerprint density at radius 3 is 2.47 bits per heavy atom.